The third-order valence-electron chi connectivity index (χ3n) is 12.6. The summed E-state index contributed by atoms with van der Waals surface area (Å²) < 4.78 is 25.5. The molecule has 4 aromatic rings. The van der Waals surface area contributed by atoms with Crippen molar-refractivity contribution < 1.29 is 38.1 Å². The molecule has 0 bridgehead atoms. The van der Waals surface area contributed by atoms with E-state index in [0.29, 0.717) is 11.1 Å². The van der Waals surface area contributed by atoms with E-state index in [2.05, 4.69) is 26.3 Å². The molecule has 0 radical (unpaired) electrons. The lowest BCUT2D eigenvalue weighted by atomic mass is 9.63. The Morgan fingerprint density at radius 1 is 0.552 bits per heavy atom. The molecule has 58 heavy (non-hydrogen) atoms. The smallest absolute Gasteiger partial charge is 0.340 e. The van der Waals surface area contributed by atoms with Gasteiger partial charge in [-0.3, -0.25) is 9.59 Å². The van der Waals surface area contributed by atoms with Crippen molar-refractivity contribution in [3.8, 4) is 23.0 Å². The van der Waals surface area contributed by atoms with Gasteiger partial charge in [0.25, 0.3) is 0 Å². The molecule has 306 valence electrons. The minimum Gasteiger partial charge on any atom is -0.506 e. The normalized spacial score (nSPS) is 19.2. The molecule has 0 amide bonds. The molecular formula is C48H54O10. The number of Topliss-reactive ketones (excluding diaryl/α,β-unsaturated/α-hetero) is 2. The van der Waals surface area contributed by atoms with Gasteiger partial charge in [-0.25, -0.2) is 9.59 Å². The molecule has 2 aromatic heterocycles. The van der Waals surface area contributed by atoms with Crippen LogP contribution in [0.15, 0.2) is 81.2 Å². The molecule has 0 saturated carbocycles. The fraction of sp³-hybridized carbons (Fsp3) is 0.417. The summed E-state index contributed by atoms with van der Waals surface area (Å²) in [6.45, 7) is 36.8. The Bertz CT molecular complexity index is 2470. The molecule has 6 rings (SSSR count). The van der Waals surface area contributed by atoms with Crippen LogP contribution in [0.5, 0.6) is 23.0 Å². The molecule has 0 saturated heterocycles. The van der Waals surface area contributed by atoms with E-state index in [1.54, 1.807) is 79.7 Å². The second-order valence-corrected chi connectivity index (χ2v) is 19.0. The van der Waals surface area contributed by atoms with Crippen LogP contribution in [-0.2, 0) is 21.7 Å². The zero-order valence-corrected chi connectivity index (χ0v) is 35.6. The molecule has 2 aliphatic rings. The van der Waals surface area contributed by atoms with E-state index in [0.717, 1.165) is 0 Å². The van der Waals surface area contributed by atoms with Gasteiger partial charge < -0.3 is 28.5 Å². The lowest BCUT2D eigenvalue weighted by Crippen LogP contribution is -2.60. The molecule has 10 heteroatoms. The van der Waals surface area contributed by atoms with Crippen LogP contribution in [0.3, 0.4) is 0 Å². The fourth-order valence-electron chi connectivity index (χ4n) is 8.46. The molecular weight excluding hydrogens is 737 g/mol. The predicted molar refractivity (Wildman–Crippen MR) is 226 cm³/mol. The van der Waals surface area contributed by atoms with Gasteiger partial charge in [-0.05, 0) is 39.8 Å². The van der Waals surface area contributed by atoms with E-state index in [1.807, 2.05) is 27.7 Å². The van der Waals surface area contributed by atoms with Gasteiger partial charge in [0.2, 0.25) is 0 Å². The topological polar surface area (TPSA) is 153 Å². The number of phenols is 2. The van der Waals surface area contributed by atoms with Gasteiger partial charge in [-0.15, -0.1) is 26.3 Å². The minimum atomic E-state index is -1.46. The lowest BCUT2D eigenvalue weighted by molar-refractivity contribution is -0.0472. The second kappa shape index (κ2) is 12.9. The van der Waals surface area contributed by atoms with Gasteiger partial charge in [0.1, 0.15) is 56.5 Å². The monoisotopic (exact) mass is 790 g/mol. The van der Waals surface area contributed by atoms with Crippen LogP contribution < -0.4 is 20.7 Å². The lowest BCUT2D eigenvalue weighted by Gasteiger charge is -2.50. The molecule has 0 spiro atoms. The van der Waals surface area contributed by atoms with Crippen molar-refractivity contribution >= 4 is 33.5 Å². The highest BCUT2D eigenvalue weighted by Gasteiger charge is 2.60. The maximum absolute atomic E-state index is 15.4. The molecule has 2 aliphatic heterocycles. The zero-order chi connectivity index (χ0) is 43.6. The number of hydrogen-bond donors (Lipinski definition) is 2. The number of fused-ring (bicyclic) bond motifs is 4. The Hall–Kier alpha value is -5.64. The van der Waals surface area contributed by atoms with Crippen molar-refractivity contribution in [2.24, 2.45) is 11.8 Å². The summed E-state index contributed by atoms with van der Waals surface area (Å²) in [4.78, 5) is 57.8. The van der Waals surface area contributed by atoms with E-state index in [4.69, 9.17) is 18.3 Å². The van der Waals surface area contributed by atoms with E-state index in [-0.39, 0.29) is 55.7 Å². The van der Waals surface area contributed by atoms with Crippen LogP contribution in [-0.4, -0.2) is 33.0 Å². The van der Waals surface area contributed by atoms with Crippen molar-refractivity contribution in [2.75, 3.05) is 0 Å². The molecule has 2 N–H and O–H groups in total. The predicted octanol–water partition coefficient (Wildman–Crippen LogP) is 9.80. The van der Waals surface area contributed by atoms with Crippen LogP contribution in [0, 0.1) is 11.8 Å². The highest BCUT2D eigenvalue weighted by Crippen LogP contribution is 2.58. The van der Waals surface area contributed by atoms with Crippen LogP contribution in [0.4, 0.5) is 0 Å². The number of ether oxygens (including phenoxy) is 2. The summed E-state index contributed by atoms with van der Waals surface area (Å²) in [6.07, 6.45) is 6.44. The average Bonchev–Trinajstić information content (AvgIpc) is 3.11. The molecule has 4 heterocycles. The van der Waals surface area contributed by atoms with Crippen molar-refractivity contribution in [2.45, 2.75) is 116 Å². The quantitative estimate of drug-likeness (QED) is 0.124. The van der Waals surface area contributed by atoms with Crippen molar-refractivity contribution in [1.82, 2.24) is 0 Å². The first-order chi connectivity index (χ1) is 26.6. The van der Waals surface area contributed by atoms with Gasteiger partial charge in [0.05, 0.1) is 22.6 Å². The summed E-state index contributed by atoms with van der Waals surface area (Å²) >= 11 is 0. The zero-order valence-electron chi connectivity index (χ0n) is 35.6. The third-order valence-corrected chi connectivity index (χ3v) is 12.6. The first kappa shape index (κ1) is 42.0. The number of rotatable bonds is 9. The Morgan fingerprint density at radius 2 is 0.845 bits per heavy atom. The Kier molecular flexibility index (Phi) is 9.36. The van der Waals surface area contributed by atoms with Crippen molar-refractivity contribution in [1.29, 1.82) is 0 Å². The number of allylic oxidation sites excluding steroid dienone is 4. The first-order valence-corrected chi connectivity index (χ1v) is 19.3. The van der Waals surface area contributed by atoms with Gasteiger partial charge >= 0.3 is 11.3 Å². The third kappa shape index (κ3) is 5.89. The van der Waals surface area contributed by atoms with E-state index >= 15 is 9.59 Å². The number of hydrogen-bond acceptors (Lipinski definition) is 10. The Labute approximate surface area is 338 Å². The number of ketones is 2. The standard InChI is InChI=1S/C48H54O10/c1-17-43(5,6)25-21-23-33(49)27-35(51)29(47(13,14)57-39(27)31(45(9,10)19-3)37(23)55-41(25)53)30-36(52)28-34(50)24-22-26(44(7,8)18-2)42(54)56-38(24)32(46(11,12)20-4)40(28)58-48(30,15)16/h17-22,29-30,49-50H,1-4H2,5-16H3. The summed E-state index contributed by atoms with van der Waals surface area (Å²) in [5.74, 6) is -4.80. The molecule has 2 atom stereocenters. The largest absolute Gasteiger partial charge is 0.506 e. The minimum absolute atomic E-state index is 0.00124. The van der Waals surface area contributed by atoms with E-state index in [1.165, 1.54) is 12.1 Å². The maximum Gasteiger partial charge on any atom is 0.340 e. The molecule has 2 aromatic carbocycles. The summed E-state index contributed by atoms with van der Waals surface area (Å²) in [6, 6.07) is 3.01. The van der Waals surface area contributed by atoms with Crippen LogP contribution in [0.25, 0.3) is 21.9 Å². The average molecular weight is 791 g/mol. The number of aromatic hydroxyl groups is 2. The molecule has 0 fully saturated rings. The van der Waals surface area contributed by atoms with Gasteiger partial charge in [0.15, 0.2) is 11.6 Å². The van der Waals surface area contributed by atoms with Crippen LogP contribution in [0.1, 0.15) is 126 Å². The highest BCUT2D eigenvalue weighted by atomic mass is 16.5. The van der Waals surface area contributed by atoms with Crippen LogP contribution >= 0.6 is 0 Å². The van der Waals surface area contributed by atoms with Crippen molar-refractivity contribution in [3.05, 3.63) is 117 Å². The van der Waals surface area contributed by atoms with Crippen molar-refractivity contribution in [3.63, 3.8) is 0 Å². The first-order valence-electron chi connectivity index (χ1n) is 19.3. The molecule has 0 aliphatic carbocycles. The van der Waals surface area contributed by atoms with E-state index < -0.39 is 79.0 Å². The van der Waals surface area contributed by atoms with Crippen LogP contribution in [0.2, 0.25) is 0 Å². The number of benzene rings is 2. The summed E-state index contributed by atoms with van der Waals surface area (Å²) in [5.41, 5.74) is -7.11. The van der Waals surface area contributed by atoms with Gasteiger partial charge in [-0.2, -0.15) is 0 Å². The Balaban J connectivity index is 1.69. The Morgan fingerprint density at radius 3 is 1.12 bits per heavy atom. The molecule has 10 nitrogen and oxygen atoms in total. The number of phenolic OH excluding ortho intramolecular Hbond substituents is 2. The molecule has 2 unspecified atom stereocenters. The fourth-order valence-corrected chi connectivity index (χ4v) is 8.46. The number of carbonyl (C=O) groups excluding carboxylic acids is 2. The maximum atomic E-state index is 15.4. The van der Waals surface area contributed by atoms with E-state index in [9.17, 15) is 19.8 Å². The highest BCUT2D eigenvalue weighted by molar-refractivity contribution is 6.16. The second-order valence-electron chi connectivity index (χ2n) is 19.0. The summed E-state index contributed by atoms with van der Waals surface area (Å²) in [7, 11) is 0. The summed E-state index contributed by atoms with van der Waals surface area (Å²) in [5, 5.41) is 24.5. The van der Waals surface area contributed by atoms with Gasteiger partial charge in [0, 0.05) is 43.9 Å². The van der Waals surface area contributed by atoms with Gasteiger partial charge in [-0.1, -0.05) is 79.7 Å². The number of carbonyl (C=O) groups is 2. The SMILES string of the molecule is C=CC(C)(C)c1cc2c(O)c3c(c(C(C)(C)C=C)c2oc1=O)OC(C)(C)C(C1C(=O)c2c(c(C(C)(C)C=C)c4oc(=O)c(C(C)(C)C=C)cc4c2O)OC1(C)C)C3=O.